The van der Waals surface area contributed by atoms with E-state index in [1.807, 2.05) is 18.2 Å². The summed E-state index contributed by atoms with van der Waals surface area (Å²) in [4.78, 5) is 19.3. The number of aliphatic imine (C=N–C) groups is 1. The molecule has 1 N–H and O–H groups in total. The van der Waals surface area contributed by atoms with Crippen LogP contribution >= 0.6 is 23.4 Å². The molecule has 1 aliphatic rings. The highest BCUT2D eigenvalue weighted by Gasteiger charge is 2.32. The van der Waals surface area contributed by atoms with Crippen LogP contribution in [0.1, 0.15) is 5.56 Å². The average molecular weight is 371 g/mol. The lowest BCUT2D eigenvalue weighted by atomic mass is 10.2. The van der Waals surface area contributed by atoms with Gasteiger partial charge in [0, 0.05) is 11.6 Å². The fourth-order valence-corrected chi connectivity index (χ4v) is 3.36. The molecule has 3 rings (SSSR count). The van der Waals surface area contributed by atoms with Gasteiger partial charge >= 0.3 is 0 Å². The van der Waals surface area contributed by atoms with Crippen molar-refractivity contribution < 1.29 is 9.90 Å². The van der Waals surface area contributed by atoms with Crippen LogP contribution in [0.15, 0.2) is 71.1 Å². The van der Waals surface area contributed by atoms with Crippen molar-refractivity contribution in [2.45, 2.75) is 0 Å². The van der Waals surface area contributed by atoms with E-state index in [0.29, 0.717) is 27.3 Å². The molecule has 0 saturated carbocycles. The zero-order chi connectivity index (χ0) is 17.8. The number of hydrogen-bond donors (Lipinski definition) is 1. The second-order valence-electron chi connectivity index (χ2n) is 5.28. The summed E-state index contributed by atoms with van der Waals surface area (Å²) in [6.07, 6.45) is 3.48. The Bertz CT molecular complexity index is 858. The van der Waals surface area contributed by atoms with E-state index in [0.717, 1.165) is 5.56 Å². The van der Waals surface area contributed by atoms with Crippen molar-refractivity contribution in [3.8, 4) is 5.75 Å². The molecule has 0 spiro atoms. The number of phenols is 1. The first-order valence-electron chi connectivity index (χ1n) is 7.52. The molecule has 0 unspecified atom stereocenters. The van der Waals surface area contributed by atoms with Crippen LogP contribution in [0.4, 0.5) is 5.69 Å². The number of nitrogens with zero attached hydrogens (tertiary/aromatic N) is 2. The SMILES string of the molecule is C=CCN1C(=O)/C(=C/c2ccc(Cl)cc2)SC1=Nc1ccc(O)cc1. The maximum atomic E-state index is 12.7. The van der Waals surface area contributed by atoms with Crippen molar-refractivity contribution in [2.24, 2.45) is 4.99 Å². The number of carbonyl (C=O) groups is 1. The third kappa shape index (κ3) is 4.13. The zero-order valence-electron chi connectivity index (χ0n) is 13.2. The average Bonchev–Trinajstić information content (AvgIpc) is 2.88. The molecule has 126 valence electrons. The molecule has 0 aliphatic carbocycles. The molecule has 1 amide bonds. The van der Waals surface area contributed by atoms with Crippen molar-refractivity contribution in [3.05, 3.63) is 76.7 Å². The highest BCUT2D eigenvalue weighted by Crippen LogP contribution is 2.34. The normalized spacial score (nSPS) is 17.5. The van der Waals surface area contributed by atoms with Gasteiger partial charge in [-0.25, -0.2) is 4.99 Å². The van der Waals surface area contributed by atoms with Crippen LogP contribution < -0.4 is 0 Å². The highest BCUT2D eigenvalue weighted by atomic mass is 35.5. The number of benzene rings is 2. The van der Waals surface area contributed by atoms with Gasteiger partial charge in [0.2, 0.25) is 0 Å². The molecular weight excluding hydrogens is 356 g/mol. The lowest BCUT2D eigenvalue weighted by molar-refractivity contribution is -0.121. The predicted octanol–water partition coefficient (Wildman–Crippen LogP) is 4.84. The molecule has 0 radical (unpaired) electrons. The van der Waals surface area contributed by atoms with Crippen LogP contribution in [-0.4, -0.2) is 27.6 Å². The van der Waals surface area contributed by atoms with Crippen LogP contribution in [0.3, 0.4) is 0 Å². The molecule has 0 aromatic heterocycles. The topological polar surface area (TPSA) is 52.9 Å². The number of thioether (sulfide) groups is 1. The van der Waals surface area contributed by atoms with Crippen LogP contribution in [0, 0.1) is 0 Å². The molecule has 4 nitrogen and oxygen atoms in total. The van der Waals surface area contributed by atoms with Gasteiger partial charge in [-0.2, -0.15) is 0 Å². The summed E-state index contributed by atoms with van der Waals surface area (Å²) < 4.78 is 0. The van der Waals surface area contributed by atoms with Crippen molar-refractivity contribution in [3.63, 3.8) is 0 Å². The second kappa shape index (κ2) is 7.59. The van der Waals surface area contributed by atoms with E-state index in [9.17, 15) is 9.90 Å². The van der Waals surface area contributed by atoms with Gasteiger partial charge in [0.25, 0.3) is 5.91 Å². The molecule has 2 aromatic carbocycles. The lowest BCUT2D eigenvalue weighted by Crippen LogP contribution is -2.29. The number of phenolic OH excluding ortho intramolecular Hbond substituents is 1. The molecule has 1 aliphatic heterocycles. The molecule has 1 heterocycles. The number of carbonyl (C=O) groups excluding carboxylic acids is 1. The Morgan fingerprint density at radius 1 is 1.16 bits per heavy atom. The first-order chi connectivity index (χ1) is 12.1. The minimum Gasteiger partial charge on any atom is -0.508 e. The molecule has 1 saturated heterocycles. The van der Waals surface area contributed by atoms with E-state index in [-0.39, 0.29) is 11.7 Å². The number of rotatable bonds is 4. The van der Waals surface area contributed by atoms with Crippen LogP contribution in [0.5, 0.6) is 5.75 Å². The Morgan fingerprint density at radius 2 is 1.84 bits per heavy atom. The molecule has 1 fully saturated rings. The van der Waals surface area contributed by atoms with Crippen molar-refractivity contribution >= 4 is 46.2 Å². The van der Waals surface area contributed by atoms with Crippen molar-refractivity contribution in [2.75, 3.05) is 6.54 Å². The van der Waals surface area contributed by atoms with E-state index in [1.165, 1.54) is 11.8 Å². The van der Waals surface area contributed by atoms with E-state index >= 15 is 0 Å². The number of hydrogen-bond acceptors (Lipinski definition) is 4. The van der Waals surface area contributed by atoms with Crippen molar-refractivity contribution in [1.29, 1.82) is 0 Å². The largest absolute Gasteiger partial charge is 0.508 e. The van der Waals surface area contributed by atoms with Crippen LogP contribution in [0.2, 0.25) is 5.02 Å². The molecule has 0 bridgehead atoms. The summed E-state index contributed by atoms with van der Waals surface area (Å²) in [5.74, 6) is 0.0581. The summed E-state index contributed by atoms with van der Waals surface area (Å²) in [6, 6.07) is 13.8. The molecule has 0 atom stereocenters. The van der Waals surface area contributed by atoms with Crippen molar-refractivity contribution in [1.82, 2.24) is 4.90 Å². The monoisotopic (exact) mass is 370 g/mol. The molecule has 6 heteroatoms. The minimum atomic E-state index is -0.114. The number of halogens is 1. The van der Waals surface area contributed by atoms with Gasteiger partial charge in [-0.15, -0.1) is 6.58 Å². The number of aromatic hydroxyl groups is 1. The molecule has 25 heavy (non-hydrogen) atoms. The summed E-state index contributed by atoms with van der Waals surface area (Å²) in [7, 11) is 0. The maximum absolute atomic E-state index is 12.7. The van der Waals surface area contributed by atoms with Gasteiger partial charge in [-0.1, -0.05) is 29.8 Å². The van der Waals surface area contributed by atoms with Gasteiger partial charge in [0.1, 0.15) is 5.75 Å². The second-order valence-corrected chi connectivity index (χ2v) is 6.72. The van der Waals surface area contributed by atoms with Crippen LogP contribution in [-0.2, 0) is 4.79 Å². The smallest absolute Gasteiger partial charge is 0.267 e. The first-order valence-corrected chi connectivity index (χ1v) is 8.72. The van der Waals surface area contributed by atoms with Gasteiger partial charge in [-0.05, 0) is 59.8 Å². The molecule has 2 aromatic rings. The Labute approximate surface area is 155 Å². The fourth-order valence-electron chi connectivity index (χ4n) is 2.23. The molecular formula is C19H15ClN2O2S. The Balaban J connectivity index is 1.93. The van der Waals surface area contributed by atoms with E-state index in [4.69, 9.17) is 11.6 Å². The quantitative estimate of drug-likeness (QED) is 0.619. The Kier molecular flexibility index (Phi) is 5.26. The summed E-state index contributed by atoms with van der Waals surface area (Å²) >= 11 is 7.21. The standard InChI is InChI=1S/C19H15ClN2O2S/c1-2-11-22-18(24)17(12-13-3-5-14(20)6-4-13)25-19(22)21-15-7-9-16(23)10-8-15/h2-10,12,23H,1,11H2/b17-12-,21-19?. The van der Waals surface area contributed by atoms with Gasteiger partial charge in [-0.3, -0.25) is 9.69 Å². The first kappa shape index (κ1) is 17.3. The third-order valence-electron chi connectivity index (χ3n) is 3.44. The Hall–Kier alpha value is -2.50. The van der Waals surface area contributed by atoms with Crippen LogP contribution in [0.25, 0.3) is 6.08 Å². The lowest BCUT2D eigenvalue weighted by Gasteiger charge is -2.12. The summed E-state index contributed by atoms with van der Waals surface area (Å²) in [5, 5.41) is 10.6. The third-order valence-corrected chi connectivity index (χ3v) is 4.70. The van der Waals surface area contributed by atoms with Gasteiger partial charge < -0.3 is 5.11 Å². The summed E-state index contributed by atoms with van der Waals surface area (Å²) in [6.45, 7) is 4.08. The number of amidine groups is 1. The summed E-state index contributed by atoms with van der Waals surface area (Å²) in [5.41, 5.74) is 1.56. The van der Waals surface area contributed by atoms with Gasteiger partial charge in [0.05, 0.1) is 10.6 Å². The maximum Gasteiger partial charge on any atom is 0.267 e. The van der Waals surface area contributed by atoms with E-state index in [2.05, 4.69) is 11.6 Å². The predicted molar refractivity (Wildman–Crippen MR) is 104 cm³/mol. The Morgan fingerprint density at radius 3 is 2.48 bits per heavy atom. The number of amides is 1. The van der Waals surface area contributed by atoms with E-state index in [1.54, 1.807) is 47.4 Å². The van der Waals surface area contributed by atoms with Gasteiger partial charge in [0.15, 0.2) is 5.17 Å². The zero-order valence-corrected chi connectivity index (χ0v) is 14.8. The highest BCUT2D eigenvalue weighted by molar-refractivity contribution is 8.18. The van der Waals surface area contributed by atoms with E-state index < -0.39 is 0 Å². The fraction of sp³-hybridized carbons (Fsp3) is 0.0526. The minimum absolute atomic E-state index is 0.114.